The monoisotopic (exact) mass is 299 g/mol. The van der Waals surface area contributed by atoms with E-state index in [9.17, 15) is 4.79 Å². The number of hydrogen-bond donors (Lipinski definition) is 0. The maximum Gasteiger partial charge on any atom is 0.254 e. The Balaban J connectivity index is 2.19. The van der Waals surface area contributed by atoms with Gasteiger partial charge in [0.15, 0.2) is 0 Å². The Labute approximate surface area is 128 Å². The van der Waals surface area contributed by atoms with Crippen molar-refractivity contribution in [3.8, 4) is 6.07 Å². The zero-order chi connectivity index (χ0) is 15.1. The predicted molar refractivity (Wildman–Crippen MR) is 80.7 cm³/mol. The lowest BCUT2D eigenvalue weighted by molar-refractivity contribution is 0.0746. The highest BCUT2D eigenvalue weighted by molar-refractivity contribution is 6.30. The fourth-order valence-electron chi connectivity index (χ4n) is 1.95. The number of carbonyl (C=O) groups is 1. The fourth-order valence-corrected chi connectivity index (χ4v) is 2.14. The number of hydrogen-bond acceptors (Lipinski definition) is 3. The number of benzene rings is 1. The van der Waals surface area contributed by atoms with Crippen LogP contribution in [0, 0.1) is 11.3 Å². The number of rotatable bonds is 5. The first-order valence-electron chi connectivity index (χ1n) is 6.51. The third-order valence-corrected chi connectivity index (χ3v) is 3.18. The lowest BCUT2D eigenvalue weighted by Crippen LogP contribution is -2.31. The van der Waals surface area contributed by atoms with Gasteiger partial charge < -0.3 is 4.90 Å². The summed E-state index contributed by atoms with van der Waals surface area (Å²) in [7, 11) is 0. The molecule has 1 heterocycles. The molecule has 1 aromatic carbocycles. The van der Waals surface area contributed by atoms with Crippen molar-refractivity contribution in [2.75, 3.05) is 6.54 Å². The quantitative estimate of drug-likeness (QED) is 0.851. The lowest BCUT2D eigenvalue weighted by atomic mass is 10.1. The highest BCUT2D eigenvalue weighted by Crippen LogP contribution is 2.14. The second kappa shape index (κ2) is 7.41. The Morgan fingerprint density at radius 3 is 2.86 bits per heavy atom. The van der Waals surface area contributed by atoms with Crippen molar-refractivity contribution in [1.82, 2.24) is 9.88 Å². The average molecular weight is 300 g/mol. The third kappa shape index (κ3) is 4.30. The van der Waals surface area contributed by atoms with Gasteiger partial charge in [0.05, 0.1) is 12.5 Å². The van der Waals surface area contributed by atoms with E-state index in [0.29, 0.717) is 23.7 Å². The van der Waals surface area contributed by atoms with Crippen LogP contribution in [-0.4, -0.2) is 22.3 Å². The second-order valence-electron chi connectivity index (χ2n) is 4.51. The molecular formula is C16H14ClN3O. The average Bonchev–Trinajstić information content (AvgIpc) is 2.51. The highest BCUT2D eigenvalue weighted by Gasteiger charge is 2.16. The van der Waals surface area contributed by atoms with Crippen LogP contribution >= 0.6 is 11.6 Å². The molecule has 0 atom stereocenters. The number of amides is 1. The van der Waals surface area contributed by atoms with E-state index in [1.807, 2.05) is 12.1 Å². The first-order chi connectivity index (χ1) is 10.2. The minimum absolute atomic E-state index is 0.142. The van der Waals surface area contributed by atoms with Crippen LogP contribution in [0.4, 0.5) is 0 Å². The number of pyridine rings is 1. The summed E-state index contributed by atoms with van der Waals surface area (Å²) >= 11 is 5.93. The summed E-state index contributed by atoms with van der Waals surface area (Å²) in [5, 5.41) is 9.27. The van der Waals surface area contributed by atoms with E-state index >= 15 is 0 Å². The van der Waals surface area contributed by atoms with Gasteiger partial charge in [-0.05, 0) is 29.8 Å². The van der Waals surface area contributed by atoms with Gasteiger partial charge in [-0.3, -0.25) is 9.78 Å². The van der Waals surface area contributed by atoms with Gasteiger partial charge in [-0.2, -0.15) is 5.26 Å². The molecular weight excluding hydrogens is 286 g/mol. The Hall–Kier alpha value is -2.38. The predicted octanol–water partition coefficient (Wildman–Crippen LogP) is 3.29. The minimum Gasteiger partial charge on any atom is -0.333 e. The van der Waals surface area contributed by atoms with Gasteiger partial charge in [0.2, 0.25) is 0 Å². The van der Waals surface area contributed by atoms with Crippen LogP contribution in [0.2, 0.25) is 5.02 Å². The SMILES string of the molecule is N#CCCN(Cc1cccnc1)C(=O)c1cccc(Cl)c1. The molecule has 0 unspecified atom stereocenters. The zero-order valence-electron chi connectivity index (χ0n) is 11.4. The van der Waals surface area contributed by atoms with Crippen LogP contribution in [-0.2, 0) is 6.54 Å². The van der Waals surface area contributed by atoms with Gasteiger partial charge in [-0.15, -0.1) is 0 Å². The molecule has 0 fully saturated rings. The summed E-state index contributed by atoms with van der Waals surface area (Å²) in [5.41, 5.74) is 1.44. The van der Waals surface area contributed by atoms with Crippen molar-refractivity contribution >= 4 is 17.5 Å². The molecule has 0 saturated carbocycles. The van der Waals surface area contributed by atoms with Gasteiger partial charge in [0.1, 0.15) is 0 Å². The smallest absolute Gasteiger partial charge is 0.254 e. The summed E-state index contributed by atoms with van der Waals surface area (Å²) < 4.78 is 0. The van der Waals surface area contributed by atoms with Crippen LogP contribution in [0.5, 0.6) is 0 Å². The molecule has 2 rings (SSSR count). The lowest BCUT2D eigenvalue weighted by Gasteiger charge is -2.21. The molecule has 5 heteroatoms. The molecule has 0 N–H and O–H groups in total. The maximum absolute atomic E-state index is 12.5. The van der Waals surface area contributed by atoms with Crippen LogP contribution in [0.1, 0.15) is 22.3 Å². The zero-order valence-corrected chi connectivity index (χ0v) is 12.1. The minimum atomic E-state index is -0.142. The molecule has 1 aromatic heterocycles. The first kappa shape index (κ1) is 15.0. The van der Waals surface area contributed by atoms with Gasteiger partial charge in [-0.1, -0.05) is 23.7 Å². The Bertz CT molecular complexity index is 652. The number of carbonyl (C=O) groups excluding carboxylic acids is 1. The van der Waals surface area contributed by atoms with Crippen molar-refractivity contribution in [2.24, 2.45) is 0 Å². The molecule has 0 saturated heterocycles. The standard InChI is InChI=1S/C16H14ClN3O/c17-15-6-1-5-14(10-15)16(21)20(9-3-7-18)12-13-4-2-8-19-11-13/h1-2,4-6,8,10-11H,3,9,12H2. The Morgan fingerprint density at radius 2 is 2.19 bits per heavy atom. The molecule has 106 valence electrons. The van der Waals surface area contributed by atoms with E-state index in [1.54, 1.807) is 41.6 Å². The summed E-state index contributed by atoms with van der Waals surface area (Å²) in [4.78, 5) is 18.2. The Kier molecular flexibility index (Phi) is 5.30. The Morgan fingerprint density at radius 1 is 1.33 bits per heavy atom. The molecule has 2 aromatic rings. The number of halogens is 1. The summed E-state index contributed by atoms with van der Waals surface area (Å²) in [5.74, 6) is -0.142. The van der Waals surface area contributed by atoms with Crippen LogP contribution < -0.4 is 0 Å². The normalized spacial score (nSPS) is 9.90. The summed E-state index contributed by atoms with van der Waals surface area (Å²) in [6.45, 7) is 0.789. The molecule has 0 aliphatic carbocycles. The van der Waals surface area contributed by atoms with Crippen molar-refractivity contribution < 1.29 is 4.79 Å². The van der Waals surface area contributed by atoms with Gasteiger partial charge in [0.25, 0.3) is 5.91 Å². The topological polar surface area (TPSA) is 57.0 Å². The van der Waals surface area contributed by atoms with Crippen molar-refractivity contribution in [3.63, 3.8) is 0 Å². The number of nitrogens with zero attached hydrogens (tertiary/aromatic N) is 3. The largest absolute Gasteiger partial charge is 0.333 e. The van der Waals surface area contributed by atoms with Gasteiger partial charge >= 0.3 is 0 Å². The van der Waals surface area contributed by atoms with Gasteiger partial charge in [-0.25, -0.2) is 0 Å². The molecule has 0 bridgehead atoms. The molecule has 4 nitrogen and oxygen atoms in total. The molecule has 0 spiro atoms. The van der Waals surface area contributed by atoms with E-state index in [1.165, 1.54) is 0 Å². The van der Waals surface area contributed by atoms with Gasteiger partial charge in [0, 0.05) is 36.1 Å². The molecule has 21 heavy (non-hydrogen) atoms. The van der Waals surface area contributed by atoms with Crippen LogP contribution in [0.3, 0.4) is 0 Å². The van der Waals surface area contributed by atoms with E-state index in [2.05, 4.69) is 11.1 Å². The van der Waals surface area contributed by atoms with Crippen molar-refractivity contribution in [2.45, 2.75) is 13.0 Å². The van der Waals surface area contributed by atoms with E-state index in [0.717, 1.165) is 5.56 Å². The van der Waals surface area contributed by atoms with Crippen molar-refractivity contribution in [3.05, 3.63) is 64.9 Å². The van der Waals surface area contributed by atoms with Crippen LogP contribution in [0.25, 0.3) is 0 Å². The number of nitriles is 1. The fraction of sp³-hybridized carbons (Fsp3) is 0.188. The summed E-state index contributed by atoms with van der Waals surface area (Å²) in [6, 6.07) is 12.6. The van der Waals surface area contributed by atoms with E-state index in [4.69, 9.17) is 16.9 Å². The molecule has 0 radical (unpaired) electrons. The van der Waals surface area contributed by atoms with Crippen molar-refractivity contribution in [1.29, 1.82) is 5.26 Å². The molecule has 0 aliphatic heterocycles. The molecule has 0 aliphatic rings. The highest BCUT2D eigenvalue weighted by atomic mass is 35.5. The first-order valence-corrected chi connectivity index (χ1v) is 6.89. The van der Waals surface area contributed by atoms with Crippen LogP contribution in [0.15, 0.2) is 48.8 Å². The molecule has 1 amide bonds. The van der Waals surface area contributed by atoms with E-state index < -0.39 is 0 Å². The summed E-state index contributed by atoms with van der Waals surface area (Å²) in [6.07, 6.45) is 3.68. The second-order valence-corrected chi connectivity index (χ2v) is 4.94. The third-order valence-electron chi connectivity index (χ3n) is 2.95. The van der Waals surface area contributed by atoms with E-state index in [-0.39, 0.29) is 12.3 Å². The maximum atomic E-state index is 12.5. The number of aromatic nitrogens is 1.